The summed E-state index contributed by atoms with van der Waals surface area (Å²) < 4.78 is 3.17. The molecule has 0 saturated carbocycles. The number of aromatic amines is 1. The minimum atomic E-state index is 0.577. The number of nitrogens with zero attached hydrogens (tertiary/aromatic N) is 1. The molecule has 2 nitrogen and oxygen atoms in total. The quantitative estimate of drug-likeness (QED) is 0.735. The molecule has 0 saturated heterocycles. The van der Waals surface area contributed by atoms with Gasteiger partial charge in [0.2, 0.25) is 0 Å². The van der Waals surface area contributed by atoms with Crippen molar-refractivity contribution in [1.82, 2.24) is 9.55 Å². The Morgan fingerprint density at radius 3 is 2.64 bits per heavy atom. The van der Waals surface area contributed by atoms with Crippen molar-refractivity contribution in [2.75, 3.05) is 0 Å². The van der Waals surface area contributed by atoms with Crippen LogP contribution in [0.25, 0.3) is 0 Å². The van der Waals surface area contributed by atoms with Crippen molar-refractivity contribution >= 4 is 12.2 Å². The van der Waals surface area contributed by atoms with Gasteiger partial charge >= 0.3 is 0 Å². The lowest BCUT2D eigenvalue weighted by Crippen LogP contribution is -2.10. The minimum Gasteiger partial charge on any atom is -0.337 e. The lowest BCUT2D eigenvalue weighted by atomic mass is 10.1. The van der Waals surface area contributed by atoms with Crippen molar-refractivity contribution in [2.24, 2.45) is 0 Å². The van der Waals surface area contributed by atoms with Gasteiger partial charge in [0.15, 0.2) is 4.77 Å². The van der Waals surface area contributed by atoms with Gasteiger partial charge in [0.25, 0.3) is 0 Å². The van der Waals surface area contributed by atoms with Crippen molar-refractivity contribution < 1.29 is 0 Å². The van der Waals surface area contributed by atoms with Crippen LogP contribution in [0, 0.1) is 4.77 Å². The van der Waals surface area contributed by atoms with Crippen LogP contribution in [0.2, 0.25) is 0 Å². The molecule has 0 aromatic carbocycles. The Bertz CT molecular complexity index is 324. The van der Waals surface area contributed by atoms with Gasteiger partial charge in [-0.2, -0.15) is 0 Å². The van der Waals surface area contributed by atoms with E-state index in [9.17, 15) is 0 Å². The van der Waals surface area contributed by atoms with Gasteiger partial charge < -0.3 is 9.55 Å². The van der Waals surface area contributed by atoms with Crippen molar-refractivity contribution in [2.45, 2.75) is 52.5 Å². The molecular weight excluding hydrogens is 192 g/mol. The molecule has 14 heavy (non-hydrogen) atoms. The molecular formula is C11H20N2S. The van der Waals surface area contributed by atoms with E-state index in [4.69, 9.17) is 12.2 Å². The second-order valence-electron chi connectivity index (χ2n) is 3.66. The molecule has 1 rings (SSSR count). The van der Waals surface area contributed by atoms with Gasteiger partial charge in [-0.25, -0.2) is 0 Å². The molecule has 0 fully saturated rings. The van der Waals surface area contributed by atoms with Crippen LogP contribution < -0.4 is 0 Å². The van der Waals surface area contributed by atoms with Crippen LogP contribution in [0.4, 0.5) is 0 Å². The molecule has 1 N–H and O–H groups in total. The molecule has 1 aromatic rings. The molecule has 0 amide bonds. The van der Waals surface area contributed by atoms with Gasteiger partial charge in [0.1, 0.15) is 0 Å². The second kappa shape index (κ2) is 5.35. The van der Waals surface area contributed by atoms with Crippen LogP contribution >= 0.6 is 12.2 Å². The van der Waals surface area contributed by atoms with Crippen molar-refractivity contribution in [3.8, 4) is 0 Å². The maximum atomic E-state index is 5.30. The summed E-state index contributed by atoms with van der Waals surface area (Å²) in [7, 11) is 0. The van der Waals surface area contributed by atoms with E-state index in [0.717, 1.165) is 17.6 Å². The topological polar surface area (TPSA) is 20.7 Å². The fourth-order valence-corrected chi connectivity index (χ4v) is 2.26. The van der Waals surface area contributed by atoms with Crippen LogP contribution in [-0.4, -0.2) is 9.55 Å². The van der Waals surface area contributed by atoms with Gasteiger partial charge in [-0.05, 0) is 31.5 Å². The highest BCUT2D eigenvalue weighted by molar-refractivity contribution is 7.71. The van der Waals surface area contributed by atoms with E-state index in [0.29, 0.717) is 6.04 Å². The van der Waals surface area contributed by atoms with E-state index in [2.05, 4.69) is 30.3 Å². The zero-order valence-electron chi connectivity index (χ0n) is 9.34. The lowest BCUT2D eigenvalue weighted by molar-refractivity contribution is 0.432. The molecule has 1 atom stereocenters. The summed E-state index contributed by atoms with van der Waals surface area (Å²) in [5.74, 6) is 0. The molecule has 0 aliphatic rings. The average molecular weight is 212 g/mol. The van der Waals surface area contributed by atoms with E-state index >= 15 is 0 Å². The lowest BCUT2D eigenvalue weighted by Gasteiger charge is -2.18. The van der Waals surface area contributed by atoms with Crippen LogP contribution in [0.1, 0.15) is 51.8 Å². The Labute approximate surface area is 91.3 Å². The number of rotatable bonds is 5. The van der Waals surface area contributed by atoms with Crippen molar-refractivity contribution in [3.05, 3.63) is 16.7 Å². The predicted octanol–water partition coefficient (Wildman–Crippen LogP) is 3.86. The number of hydrogen-bond acceptors (Lipinski definition) is 1. The third-order valence-electron chi connectivity index (χ3n) is 2.71. The minimum absolute atomic E-state index is 0.577. The summed E-state index contributed by atoms with van der Waals surface area (Å²) in [6, 6.07) is 0.577. The smallest absolute Gasteiger partial charge is 0.177 e. The number of H-pyrrole nitrogens is 1. The number of hydrogen-bond donors (Lipinski definition) is 1. The second-order valence-corrected chi connectivity index (χ2v) is 4.05. The average Bonchev–Trinajstić information content (AvgIpc) is 2.56. The van der Waals surface area contributed by atoms with E-state index in [1.807, 2.05) is 6.20 Å². The molecule has 0 radical (unpaired) electrons. The Kier molecular flexibility index (Phi) is 4.39. The summed E-state index contributed by atoms with van der Waals surface area (Å²) in [6.45, 7) is 6.63. The summed E-state index contributed by atoms with van der Waals surface area (Å²) in [6.07, 6.45) is 6.69. The molecule has 0 bridgehead atoms. The maximum Gasteiger partial charge on any atom is 0.177 e. The molecule has 0 aliphatic carbocycles. The van der Waals surface area contributed by atoms with Gasteiger partial charge in [0.05, 0.1) is 0 Å². The van der Waals surface area contributed by atoms with E-state index in [1.54, 1.807) is 0 Å². The summed E-state index contributed by atoms with van der Waals surface area (Å²) in [5.41, 5.74) is 1.33. The largest absolute Gasteiger partial charge is 0.337 e. The van der Waals surface area contributed by atoms with E-state index < -0.39 is 0 Å². The fourth-order valence-electron chi connectivity index (χ4n) is 1.94. The highest BCUT2D eigenvalue weighted by Gasteiger charge is 2.11. The normalized spacial score (nSPS) is 13.1. The van der Waals surface area contributed by atoms with Crippen LogP contribution in [0.15, 0.2) is 6.20 Å². The van der Waals surface area contributed by atoms with Gasteiger partial charge in [-0.1, -0.05) is 27.2 Å². The highest BCUT2D eigenvalue weighted by Crippen LogP contribution is 2.20. The first-order valence-electron chi connectivity index (χ1n) is 5.53. The highest BCUT2D eigenvalue weighted by atomic mass is 32.1. The number of imidazole rings is 1. The predicted molar refractivity (Wildman–Crippen MR) is 63.2 cm³/mol. The van der Waals surface area contributed by atoms with Crippen molar-refractivity contribution in [3.63, 3.8) is 0 Å². The van der Waals surface area contributed by atoms with Crippen LogP contribution in [0.5, 0.6) is 0 Å². The Balaban J connectivity index is 3.00. The summed E-state index contributed by atoms with van der Waals surface area (Å²) in [4.78, 5) is 3.14. The Morgan fingerprint density at radius 1 is 1.43 bits per heavy atom. The van der Waals surface area contributed by atoms with E-state index in [-0.39, 0.29) is 0 Å². The molecule has 1 unspecified atom stereocenters. The summed E-state index contributed by atoms with van der Waals surface area (Å²) in [5, 5.41) is 0. The number of nitrogens with one attached hydrogen (secondary N) is 1. The molecule has 0 aliphatic heterocycles. The Morgan fingerprint density at radius 2 is 2.14 bits per heavy atom. The summed E-state index contributed by atoms with van der Waals surface area (Å²) >= 11 is 5.30. The van der Waals surface area contributed by atoms with Gasteiger partial charge in [-0.3, -0.25) is 0 Å². The van der Waals surface area contributed by atoms with Crippen LogP contribution in [-0.2, 0) is 6.42 Å². The molecule has 80 valence electrons. The monoisotopic (exact) mass is 212 g/mol. The fraction of sp³-hybridized carbons (Fsp3) is 0.727. The third kappa shape index (κ3) is 2.27. The number of aromatic nitrogens is 2. The molecule has 3 heteroatoms. The molecule has 0 spiro atoms. The molecule has 1 heterocycles. The van der Waals surface area contributed by atoms with Crippen LogP contribution in [0.3, 0.4) is 0 Å². The zero-order valence-corrected chi connectivity index (χ0v) is 10.2. The first-order valence-corrected chi connectivity index (χ1v) is 5.94. The first kappa shape index (κ1) is 11.5. The maximum absolute atomic E-state index is 5.30. The first-order chi connectivity index (χ1) is 6.74. The molecule has 1 aromatic heterocycles. The standard InChI is InChI=1S/C11H20N2S/c1-4-7-9(5-2)13-10(6-3)8-12-11(13)14/h8-9H,4-7H2,1-3H3,(H,12,14). The zero-order chi connectivity index (χ0) is 10.6. The van der Waals surface area contributed by atoms with Gasteiger partial charge in [0, 0.05) is 17.9 Å². The SMILES string of the molecule is CCCC(CC)n1c(CC)c[nH]c1=S. The van der Waals surface area contributed by atoms with E-state index in [1.165, 1.54) is 18.5 Å². The number of aryl methyl sites for hydroxylation is 1. The van der Waals surface area contributed by atoms with Crippen molar-refractivity contribution in [1.29, 1.82) is 0 Å². The van der Waals surface area contributed by atoms with Gasteiger partial charge in [-0.15, -0.1) is 0 Å². The third-order valence-corrected chi connectivity index (χ3v) is 3.03. The Hall–Kier alpha value is -0.570.